The van der Waals surface area contributed by atoms with Gasteiger partial charge in [-0.3, -0.25) is 9.97 Å². The molecule has 6 nitrogen and oxygen atoms in total. The van der Waals surface area contributed by atoms with Crippen LogP contribution in [0.2, 0.25) is 0 Å². The van der Waals surface area contributed by atoms with Gasteiger partial charge in [0.25, 0.3) is 0 Å². The Bertz CT molecular complexity index is 1670. The monoisotopic (exact) mass is 518 g/mol. The Balaban J connectivity index is 1.37. The zero-order valence-corrected chi connectivity index (χ0v) is 21.3. The molecule has 2 aliphatic rings. The van der Waals surface area contributed by atoms with Gasteiger partial charge in [0.2, 0.25) is 0 Å². The van der Waals surface area contributed by atoms with Gasteiger partial charge >= 0.3 is 0 Å². The molecule has 190 valence electrons. The molecule has 0 N–H and O–H groups in total. The number of rotatable bonds is 3. The zero-order valence-electron chi connectivity index (χ0n) is 21.3. The molecular formula is C34H22N4O2. The molecule has 0 radical (unpaired) electrons. The molecule has 2 aliphatic heterocycles. The number of anilines is 6. The summed E-state index contributed by atoms with van der Waals surface area (Å²) in [6.45, 7) is 0. The van der Waals surface area contributed by atoms with E-state index in [1.165, 1.54) is 0 Å². The highest BCUT2D eigenvalue weighted by molar-refractivity contribution is 5.98. The number of fused-ring (bicyclic) bond motifs is 4. The average molecular weight is 519 g/mol. The van der Waals surface area contributed by atoms with Crippen molar-refractivity contribution >= 4 is 34.1 Å². The smallest absolute Gasteiger partial charge is 0.151 e. The molecular weight excluding hydrogens is 496 g/mol. The van der Waals surface area contributed by atoms with Gasteiger partial charge in [-0.1, -0.05) is 48.5 Å². The molecule has 2 aromatic heterocycles. The van der Waals surface area contributed by atoms with Gasteiger partial charge in [0.05, 0.1) is 34.1 Å². The van der Waals surface area contributed by atoms with E-state index in [1.54, 1.807) is 0 Å². The van der Waals surface area contributed by atoms with Crippen molar-refractivity contribution in [3.05, 3.63) is 134 Å². The Kier molecular flexibility index (Phi) is 5.03. The fraction of sp³-hybridized carbons (Fsp3) is 0. The summed E-state index contributed by atoms with van der Waals surface area (Å²) < 4.78 is 12.6. The first-order chi connectivity index (χ1) is 19.9. The topological polar surface area (TPSA) is 50.7 Å². The van der Waals surface area contributed by atoms with Crippen LogP contribution in [0.5, 0.6) is 23.0 Å². The molecule has 0 unspecified atom stereocenters. The standard InChI is InChI=1S/C34H22N4O2/c1-5-13-31-27(9-1)37(28-10-2-6-14-32(28)39-31)25-17-19-35-21-23(25)24-22-36-20-18-26(24)38-29-11-3-7-15-33(29)40-34-16-8-4-12-30(34)38/h1-22H. The summed E-state index contributed by atoms with van der Waals surface area (Å²) in [5, 5.41) is 0. The van der Waals surface area contributed by atoms with Gasteiger partial charge in [-0.15, -0.1) is 0 Å². The number of nitrogens with zero attached hydrogens (tertiary/aromatic N) is 4. The third-order valence-electron chi connectivity index (χ3n) is 7.23. The molecule has 8 rings (SSSR count). The Morgan fingerprint density at radius 2 is 0.700 bits per heavy atom. The first-order valence-electron chi connectivity index (χ1n) is 13.1. The van der Waals surface area contributed by atoms with Crippen LogP contribution in [0.1, 0.15) is 0 Å². The van der Waals surface area contributed by atoms with E-state index in [-0.39, 0.29) is 0 Å². The minimum atomic E-state index is 0.798. The molecule has 0 saturated heterocycles. The number of para-hydroxylation sites is 8. The first kappa shape index (κ1) is 22.4. The van der Waals surface area contributed by atoms with E-state index in [4.69, 9.17) is 9.47 Å². The Morgan fingerprint density at radius 1 is 0.375 bits per heavy atom. The van der Waals surface area contributed by atoms with E-state index >= 15 is 0 Å². The van der Waals surface area contributed by atoms with Crippen LogP contribution in [0.3, 0.4) is 0 Å². The van der Waals surface area contributed by atoms with Gasteiger partial charge in [-0.05, 0) is 60.7 Å². The van der Waals surface area contributed by atoms with Crippen LogP contribution in [0, 0.1) is 0 Å². The Hall–Kier alpha value is -5.62. The van der Waals surface area contributed by atoms with E-state index < -0.39 is 0 Å². The number of hydrogen-bond acceptors (Lipinski definition) is 6. The molecule has 6 aromatic rings. The summed E-state index contributed by atoms with van der Waals surface area (Å²) in [4.78, 5) is 13.6. The third-order valence-corrected chi connectivity index (χ3v) is 7.23. The van der Waals surface area contributed by atoms with E-state index in [0.717, 1.165) is 68.2 Å². The predicted octanol–water partition coefficient (Wildman–Crippen LogP) is 9.29. The van der Waals surface area contributed by atoms with E-state index in [1.807, 2.05) is 110 Å². The number of pyridine rings is 2. The van der Waals surface area contributed by atoms with E-state index in [2.05, 4.69) is 44.0 Å². The Labute approximate surface area is 231 Å². The molecule has 6 heteroatoms. The minimum Gasteiger partial charge on any atom is -0.453 e. The van der Waals surface area contributed by atoms with Gasteiger partial charge in [-0.2, -0.15) is 0 Å². The van der Waals surface area contributed by atoms with Crippen LogP contribution in [0.4, 0.5) is 34.1 Å². The lowest BCUT2D eigenvalue weighted by Crippen LogP contribution is -2.18. The Morgan fingerprint density at radius 3 is 1.05 bits per heavy atom. The molecule has 0 atom stereocenters. The molecule has 0 amide bonds. The maximum atomic E-state index is 6.28. The summed E-state index contributed by atoms with van der Waals surface area (Å²) in [6, 6.07) is 36.5. The largest absolute Gasteiger partial charge is 0.453 e. The molecule has 0 aliphatic carbocycles. The maximum absolute atomic E-state index is 6.28. The van der Waals surface area contributed by atoms with Crippen molar-refractivity contribution in [2.24, 2.45) is 0 Å². The summed E-state index contributed by atoms with van der Waals surface area (Å²) in [5.41, 5.74) is 7.67. The van der Waals surface area contributed by atoms with Gasteiger partial charge < -0.3 is 19.3 Å². The second-order valence-electron chi connectivity index (χ2n) is 9.53. The van der Waals surface area contributed by atoms with Crippen molar-refractivity contribution in [3.8, 4) is 34.1 Å². The number of hydrogen-bond donors (Lipinski definition) is 0. The van der Waals surface area contributed by atoms with Crippen molar-refractivity contribution in [2.45, 2.75) is 0 Å². The zero-order chi connectivity index (χ0) is 26.5. The molecule has 40 heavy (non-hydrogen) atoms. The SMILES string of the molecule is c1ccc2c(c1)Oc1ccccc1N2c1ccncc1-c1cnccc1N1c2ccccc2Oc2ccccc21. The number of benzene rings is 4. The van der Waals surface area contributed by atoms with Crippen molar-refractivity contribution in [2.75, 3.05) is 9.80 Å². The molecule has 4 heterocycles. The number of aromatic nitrogens is 2. The highest BCUT2D eigenvalue weighted by atomic mass is 16.5. The fourth-order valence-corrected chi connectivity index (χ4v) is 5.51. The van der Waals surface area contributed by atoms with E-state index in [9.17, 15) is 0 Å². The second-order valence-corrected chi connectivity index (χ2v) is 9.53. The lowest BCUT2D eigenvalue weighted by molar-refractivity contribution is 0.476. The minimum absolute atomic E-state index is 0.798. The van der Waals surface area contributed by atoms with Crippen molar-refractivity contribution in [1.82, 2.24) is 9.97 Å². The van der Waals surface area contributed by atoms with Crippen molar-refractivity contribution < 1.29 is 9.47 Å². The highest BCUT2D eigenvalue weighted by Gasteiger charge is 2.30. The lowest BCUT2D eigenvalue weighted by Gasteiger charge is -2.35. The van der Waals surface area contributed by atoms with Crippen LogP contribution >= 0.6 is 0 Å². The normalized spacial score (nSPS) is 12.8. The summed E-state index contributed by atoms with van der Waals surface area (Å²) >= 11 is 0. The molecule has 0 fully saturated rings. The van der Waals surface area contributed by atoms with Crippen molar-refractivity contribution in [1.29, 1.82) is 0 Å². The quantitative estimate of drug-likeness (QED) is 0.232. The third kappa shape index (κ3) is 3.43. The molecule has 0 saturated carbocycles. The molecule has 0 bridgehead atoms. The van der Waals surface area contributed by atoms with Gasteiger partial charge in [0.15, 0.2) is 23.0 Å². The predicted molar refractivity (Wildman–Crippen MR) is 157 cm³/mol. The van der Waals surface area contributed by atoms with Gasteiger partial charge in [0, 0.05) is 35.9 Å². The van der Waals surface area contributed by atoms with Gasteiger partial charge in [0.1, 0.15) is 0 Å². The summed E-state index contributed by atoms with van der Waals surface area (Å²) in [7, 11) is 0. The van der Waals surface area contributed by atoms with Crippen LogP contribution in [0.15, 0.2) is 134 Å². The van der Waals surface area contributed by atoms with Crippen LogP contribution in [0.25, 0.3) is 11.1 Å². The summed E-state index contributed by atoms with van der Waals surface area (Å²) in [6.07, 6.45) is 7.48. The van der Waals surface area contributed by atoms with Crippen molar-refractivity contribution in [3.63, 3.8) is 0 Å². The highest BCUT2D eigenvalue weighted by Crippen LogP contribution is 2.55. The molecule has 4 aromatic carbocycles. The first-order valence-corrected chi connectivity index (χ1v) is 13.1. The lowest BCUT2D eigenvalue weighted by atomic mass is 10.0. The fourth-order valence-electron chi connectivity index (χ4n) is 5.51. The number of ether oxygens (including phenoxy) is 2. The van der Waals surface area contributed by atoms with Gasteiger partial charge in [-0.25, -0.2) is 0 Å². The summed E-state index contributed by atoms with van der Waals surface area (Å²) in [5.74, 6) is 3.19. The average Bonchev–Trinajstić information content (AvgIpc) is 3.02. The van der Waals surface area contributed by atoms with Crippen LogP contribution in [-0.4, -0.2) is 9.97 Å². The molecule has 0 spiro atoms. The maximum Gasteiger partial charge on any atom is 0.151 e. The second kappa shape index (κ2) is 8.99. The van der Waals surface area contributed by atoms with Crippen LogP contribution < -0.4 is 19.3 Å². The van der Waals surface area contributed by atoms with E-state index in [0.29, 0.717) is 0 Å². The van der Waals surface area contributed by atoms with Crippen LogP contribution in [-0.2, 0) is 0 Å².